The molecule has 1 saturated carbocycles. The van der Waals surface area contributed by atoms with E-state index in [-0.39, 0.29) is 0 Å². The average molecular weight is 217 g/mol. The maximum Gasteiger partial charge on any atom is -0.00146 e. The lowest BCUT2D eigenvalue weighted by atomic mass is 9.95. The maximum absolute atomic E-state index is 3.46. The van der Waals surface area contributed by atoms with Crippen LogP contribution in [0, 0.1) is 26.7 Å². The zero-order valence-electron chi connectivity index (χ0n) is 10.9. The van der Waals surface area contributed by atoms with Crippen LogP contribution in [0.4, 0.5) is 0 Å². The van der Waals surface area contributed by atoms with Crippen molar-refractivity contribution in [3.63, 3.8) is 0 Å². The minimum absolute atomic E-state index is 0.819. The molecular weight excluding hydrogens is 194 g/mol. The standard InChI is InChI=1S/C15H23N/c1-5-16-9-13-8-14(13)15-11(3)6-10(2)7-12(15)4/h6-7,13-14,16H,5,8-9H2,1-4H3. The average Bonchev–Trinajstić information content (AvgIpc) is 2.92. The SMILES string of the molecule is CCNCC1CC1c1c(C)cc(C)cc1C. The van der Waals surface area contributed by atoms with Gasteiger partial charge in [-0.25, -0.2) is 0 Å². The molecule has 0 bridgehead atoms. The highest BCUT2D eigenvalue weighted by atomic mass is 14.9. The summed E-state index contributed by atoms with van der Waals surface area (Å²) < 4.78 is 0. The van der Waals surface area contributed by atoms with E-state index in [0.29, 0.717) is 0 Å². The molecule has 1 aliphatic rings. The van der Waals surface area contributed by atoms with Crippen LogP contribution in [0.5, 0.6) is 0 Å². The molecule has 1 aliphatic carbocycles. The van der Waals surface area contributed by atoms with E-state index in [2.05, 4.69) is 45.1 Å². The van der Waals surface area contributed by atoms with Gasteiger partial charge in [0.2, 0.25) is 0 Å². The van der Waals surface area contributed by atoms with Gasteiger partial charge in [0.15, 0.2) is 0 Å². The summed E-state index contributed by atoms with van der Waals surface area (Å²) in [4.78, 5) is 0. The van der Waals surface area contributed by atoms with Crippen LogP contribution in [0.25, 0.3) is 0 Å². The fourth-order valence-corrected chi connectivity index (χ4v) is 2.93. The van der Waals surface area contributed by atoms with Crippen LogP contribution < -0.4 is 5.32 Å². The summed E-state index contributed by atoms with van der Waals surface area (Å²) in [6.45, 7) is 11.2. The van der Waals surface area contributed by atoms with Crippen molar-refractivity contribution in [2.75, 3.05) is 13.1 Å². The van der Waals surface area contributed by atoms with Crippen LogP contribution in [-0.4, -0.2) is 13.1 Å². The third-order valence-corrected chi connectivity index (χ3v) is 3.69. The molecule has 0 radical (unpaired) electrons. The Hall–Kier alpha value is -0.820. The Morgan fingerprint density at radius 1 is 1.19 bits per heavy atom. The fraction of sp³-hybridized carbons (Fsp3) is 0.600. The van der Waals surface area contributed by atoms with Gasteiger partial charge in [-0.3, -0.25) is 0 Å². The van der Waals surface area contributed by atoms with Gasteiger partial charge < -0.3 is 5.32 Å². The molecular formula is C15H23N. The number of rotatable bonds is 4. The van der Waals surface area contributed by atoms with Gasteiger partial charge in [0.05, 0.1) is 0 Å². The zero-order chi connectivity index (χ0) is 11.7. The highest BCUT2D eigenvalue weighted by Gasteiger charge is 2.39. The molecule has 1 heteroatoms. The topological polar surface area (TPSA) is 12.0 Å². The number of hydrogen-bond acceptors (Lipinski definition) is 1. The highest BCUT2D eigenvalue weighted by Crippen LogP contribution is 2.49. The van der Waals surface area contributed by atoms with Crippen molar-refractivity contribution < 1.29 is 0 Å². The first-order chi connectivity index (χ1) is 7.63. The van der Waals surface area contributed by atoms with Crippen molar-refractivity contribution in [1.29, 1.82) is 0 Å². The Labute approximate surface area is 99.3 Å². The van der Waals surface area contributed by atoms with Gasteiger partial charge in [-0.1, -0.05) is 24.6 Å². The van der Waals surface area contributed by atoms with E-state index in [1.807, 2.05) is 0 Å². The molecule has 1 fully saturated rings. The largest absolute Gasteiger partial charge is 0.317 e. The van der Waals surface area contributed by atoms with Crippen LogP contribution in [-0.2, 0) is 0 Å². The van der Waals surface area contributed by atoms with Crippen LogP contribution >= 0.6 is 0 Å². The van der Waals surface area contributed by atoms with Gasteiger partial charge >= 0.3 is 0 Å². The van der Waals surface area contributed by atoms with Gasteiger partial charge in [-0.15, -0.1) is 0 Å². The normalized spacial score (nSPS) is 23.5. The minimum atomic E-state index is 0.819. The molecule has 0 aliphatic heterocycles. The van der Waals surface area contributed by atoms with E-state index in [1.54, 1.807) is 5.56 Å². The third-order valence-electron chi connectivity index (χ3n) is 3.69. The number of benzene rings is 1. The van der Waals surface area contributed by atoms with E-state index in [9.17, 15) is 0 Å². The summed E-state index contributed by atoms with van der Waals surface area (Å²) in [6.07, 6.45) is 1.37. The lowest BCUT2D eigenvalue weighted by Crippen LogP contribution is -2.16. The van der Waals surface area contributed by atoms with Crippen LogP contribution in [0.15, 0.2) is 12.1 Å². The Morgan fingerprint density at radius 3 is 2.38 bits per heavy atom. The molecule has 2 rings (SSSR count). The van der Waals surface area contributed by atoms with Gasteiger partial charge in [-0.05, 0) is 68.8 Å². The molecule has 0 amide bonds. The van der Waals surface area contributed by atoms with Crippen LogP contribution in [0.1, 0.15) is 41.5 Å². The molecule has 1 aromatic rings. The molecule has 0 aromatic heterocycles. The number of hydrogen-bond donors (Lipinski definition) is 1. The molecule has 1 N–H and O–H groups in total. The quantitative estimate of drug-likeness (QED) is 0.815. The molecule has 2 unspecified atom stereocenters. The Bertz CT molecular complexity index is 358. The fourth-order valence-electron chi connectivity index (χ4n) is 2.93. The van der Waals surface area contributed by atoms with Crippen molar-refractivity contribution >= 4 is 0 Å². The van der Waals surface area contributed by atoms with Crippen molar-refractivity contribution in [3.05, 3.63) is 34.4 Å². The lowest BCUT2D eigenvalue weighted by molar-refractivity contribution is 0.648. The number of aryl methyl sites for hydroxylation is 3. The van der Waals surface area contributed by atoms with Crippen LogP contribution in [0.3, 0.4) is 0 Å². The van der Waals surface area contributed by atoms with E-state index in [4.69, 9.17) is 0 Å². The van der Waals surface area contributed by atoms with E-state index < -0.39 is 0 Å². The molecule has 2 atom stereocenters. The zero-order valence-corrected chi connectivity index (χ0v) is 10.9. The summed E-state index contributed by atoms with van der Waals surface area (Å²) in [5, 5.41) is 3.46. The first kappa shape index (κ1) is 11.7. The summed E-state index contributed by atoms with van der Waals surface area (Å²) in [5.74, 6) is 1.69. The van der Waals surface area contributed by atoms with E-state index in [0.717, 1.165) is 18.4 Å². The van der Waals surface area contributed by atoms with Crippen molar-refractivity contribution in [3.8, 4) is 0 Å². The Kier molecular flexibility index (Phi) is 3.34. The van der Waals surface area contributed by atoms with Crippen molar-refractivity contribution in [2.45, 2.75) is 40.0 Å². The molecule has 1 aromatic carbocycles. The first-order valence-corrected chi connectivity index (χ1v) is 6.42. The van der Waals surface area contributed by atoms with Gasteiger partial charge in [0.1, 0.15) is 0 Å². The smallest absolute Gasteiger partial charge is 0.00146 e. The second-order valence-corrected chi connectivity index (χ2v) is 5.22. The molecule has 88 valence electrons. The summed E-state index contributed by atoms with van der Waals surface area (Å²) in [7, 11) is 0. The molecule has 0 heterocycles. The van der Waals surface area contributed by atoms with Crippen molar-refractivity contribution in [1.82, 2.24) is 5.32 Å². The van der Waals surface area contributed by atoms with Gasteiger partial charge in [0, 0.05) is 0 Å². The van der Waals surface area contributed by atoms with Crippen LogP contribution in [0.2, 0.25) is 0 Å². The Morgan fingerprint density at radius 2 is 1.81 bits per heavy atom. The monoisotopic (exact) mass is 217 g/mol. The second-order valence-electron chi connectivity index (χ2n) is 5.22. The summed E-state index contributed by atoms with van der Waals surface area (Å²) in [6, 6.07) is 4.65. The summed E-state index contributed by atoms with van der Waals surface area (Å²) in [5.41, 5.74) is 5.99. The third kappa shape index (κ3) is 2.30. The van der Waals surface area contributed by atoms with Gasteiger partial charge in [-0.2, -0.15) is 0 Å². The molecule has 0 saturated heterocycles. The maximum atomic E-state index is 3.46. The number of nitrogens with one attached hydrogen (secondary N) is 1. The second kappa shape index (κ2) is 4.58. The predicted molar refractivity (Wildman–Crippen MR) is 70.0 cm³/mol. The molecule has 1 nitrogen and oxygen atoms in total. The minimum Gasteiger partial charge on any atom is -0.317 e. The van der Waals surface area contributed by atoms with E-state index in [1.165, 1.54) is 29.7 Å². The van der Waals surface area contributed by atoms with E-state index >= 15 is 0 Å². The predicted octanol–water partition coefficient (Wildman–Crippen LogP) is 3.32. The van der Waals surface area contributed by atoms with Crippen molar-refractivity contribution in [2.24, 2.45) is 5.92 Å². The molecule has 16 heavy (non-hydrogen) atoms. The summed E-state index contributed by atoms with van der Waals surface area (Å²) >= 11 is 0. The van der Waals surface area contributed by atoms with Gasteiger partial charge in [0.25, 0.3) is 0 Å². The lowest BCUT2D eigenvalue weighted by Gasteiger charge is -2.11. The molecule has 0 spiro atoms. The highest BCUT2D eigenvalue weighted by molar-refractivity contribution is 5.42. The first-order valence-electron chi connectivity index (χ1n) is 6.42. The Balaban J connectivity index is 2.11.